The van der Waals surface area contributed by atoms with Crippen LogP contribution in [0.5, 0.6) is 5.88 Å². The number of hydrogen-bond acceptors (Lipinski definition) is 9. The predicted molar refractivity (Wildman–Crippen MR) is 103 cm³/mol. The van der Waals surface area contributed by atoms with E-state index in [-0.39, 0.29) is 23.9 Å². The first-order valence-electron chi connectivity index (χ1n) is 7.93. The van der Waals surface area contributed by atoms with E-state index in [1.54, 1.807) is 4.72 Å². The van der Waals surface area contributed by atoms with Crippen molar-refractivity contribution < 1.29 is 36.3 Å². The number of benzene rings is 1. The van der Waals surface area contributed by atoms with Gasteiger partial charge in [0.25, 0.3) is 10.0 Å². The summed E-state index contributed by atoms with van der Waals surface area (Å²) < 4.78 is 56.3. The normalized spacial score (nSPS) is 11.5. The van der Waals surface area contributed by atoms with Crippen LogP contribution in [0.4, 0.5) is 10.7 Å². The van der Waals surface area contributed by atoms with Crippen molar-refractivity contribution in [2.75, 3.05) is 18.7 Å². The van der Waals surface area contributed by atoms with E-state index in [1.807, 2.05) is 0 Å². The van der Waals surface area contributed by atoms with Crippen LogP contribution in [-0.4, -0.2) is 57.3 Å². The fraction of sp³-hybridized carbons (Fsp3) is 0.200. The maximum Gasteiger partial charge on any atom is 0.337 e. The van der Waals surface area contributed by atoms with Crippen molar-refractivity contribution in [3.05, 3.63) is 41.6 Å². The van der Waals surface area contributed by atoms with Crippen LogP contribution in [0.2, 0.25) is 0 Å². The molecule has 0 aliphatic carbocycles. The van der Waals surface area contributed by atoms with Crippen molar-refractivity contribution in [2.24, 2.45) is 0 Å². The fourth-order valence-corrected chi connectivity index (χ4v) is 3.70. The zero-order valence-electron chi connectivity index (χ0n) is 15.6. The second-order valence-corrected chi connectivity index (χ2v) is 9.20. The number of carboxylic acid groups (broad SMARTS) is 1. The van der Waals surface area contributed by atoms with Gasteiger partial charge in [-0.1, -0.05) is 6.07 Å². The highest BCUT2D eigenvalue weighted by molar-refractivity contribution is 7.90. The minimum atomic E-state index is -4.65. The third-order valence-corrected chi connectivity index (χ3v) is 5.44. The smallest absolute Gasteiger partial charge is 0.337 e. The third kappa shape index (κ3) is 6.36. The number of carbonyl (C=O) groups excluding carboxylic acids is 1. The lowest BCUT2D eigenvalue weighted by atomic mass is 10.1. The Morgan fingerprint density at radius 3 is 2.47 bits per heavy atom. The zero-order chi connectivity index (χ0) is 22.5. The highest BCUT2D eigenvalue weighted by atomic mass is 32.2. The van der Waals surface area contributed by atoms with Crippen LogP contribution in [-0.2, 0) is 26.6 Å². The molecule has 0 saturated carbocycles. The van der Waals surface area contributed by atoms with Crippen molar-refractivity contribution in [2.45, 2.75) is 11.4 Å². The first-order valence-corrected chi connectivity index (χ1v) is 11.3. The minimum Gasteiger partial charge on any atom is -0.481 e. The fourth-order valence-electron chi connectivity index (χ4n) is 2.11. The van der Waals surface area contributed by atoms with Gasteiger partial charge in [0.05, 0.1) is 18.9 Å². The number of amides is 2. The van der Waals surface area contributed by atoms with Gasteiger partial charge in [0.1, 0.15) is 4.90 Å². The van der Waals surface area contributed by atoms with Crippen LogP contribution in [0.25, 0.3) is 0 Å². The topological polar surface area (TPSA) is 194 Å². The summed E-state index contributed by atoms with van der Waals surface area (Å²) >= 11 is 0. The lowest BCUT2D eigenvalue weighted by molar-refractivity contribution is 0.0692. The Kier molecular flexibility index (Phi) is 6.91. The Morgan fingerprint density at radius 2 is 1.87 bits per heavy atom. The number of sulfonamides is 2. The Hall–Kier alpha value is -3.30. The molecule has 2 amide bonds. The average Bonchev–Trinajstić information content (AvgIpc) is 2.65. The number of anilines is 1. The van der Waals surface area contributed by atoms with Crippen molar-refractivity contribution in [3.63, 3.8) is 0 Å². The van der Waals surface area contributed by atoms with Gasteiger partial charge < -0.3 is 9.84 Å². The van der Waals surface area contributed by atoms with Gasteiger partial charge in [0, 0.05) is 18.8 Å². The average molecular weight is 459 g/mol. The number of hydrogen-bond donors (Lipinski definition) is 4. The molecule has 0 radical (unpaired) electrons. The lowest BCUT2D eigenvalue weighted by Crippen LogP contribution is -2.35. The third-order valence-electron chi connectivity index (χ3n) is 3.40. The van der Waals surface area contributed by atoms with Crippen LogP contribution in [0.15, 0.2) is 35.4 Å². The van der Waals surface area contributed by atoms with Crippen molar-refractivity contribution in [1.82, 2.24) is 19.4 Å². The summed E-state index contributed by atoms with van der Waals surface area (Å²) in [5.74, 6) is -1.71. The van der Waals surface area contributed by atoms with E-state index in [0.29, 0.717) is 0 Å². The molecule has 162 valence electrons. The number of methoxy groups -OCH3 is 1. The van der Waals surface area contributed by atoms with E-state index < -0.39 is 42.5 Å². The summed E-state index contributed by atoms with van der Waals surface area (Å²) in [6.45, 7) is -0.287. The number of carboxylic acids is 1. The van der Waals surface area contributed by atoms with Crippen LogP contribution in [0.3, 0.4) is 0 Å². The lowest BCUT2D eigenvalue weighted by Gasteiger charge is -2.12. The van der Waals surface area contributed by atoms with E-state index in [9.17, 15) is 31.5 Å². The molecule has 0 aliphatic rings. The van der Waals surface area contributed by atoms with Gasteiger partial charge >= 0.3 is 12.0 Å². The van der Waals surface area contributed by atoms with Crippen LogP contribution >= 0.6 is 0 Å². The number of ether oxygens (including phenoxy) is 1. The molecule has 0 saturated heterocycles. The highest BCUT2D eigenvalue weighted by Gasteiger charge is 2.25. The SMILES string of the molecule is COc1ccnc(NC(=O)NS(=O)(=O)c2cc(CNS(C)(=O)=O)ccc2C(=O)O)n1. The molecule has 2 rings (SSSR count). The molecule has 1 heterocycles. The van der Waals surface area contributed by atoms with Gasteiger partial charge in [0.2, 0.25) is 21.9 Å². The van der Waals surface area contributed by atoms with Gasteiger partial charge in [-0.15, -0.1) is 0 Å². The Balaban J connectivity index is 2.29. The summed E-state index contributed by atoms with van der Waals surface area (Å²) in [5, 5.41) is 11.3. The number of aromatic carboxylic acids is 1. The van der Waals surface area contributed by atoms with Gasteiger partial charge in [-0.3, -0.25) is 5.32 Å². The van der Waals surface area contributed by atoms with Gasteiger partial charge in [0.15, 0.2) is 0 Å². The van der Waals surface area contributed by atoms with Crippen molar-refractivity contribution in [1.29, 1.82) is 0 Å². The number of nitrogens with one attached hydrogen (secondary N) is 3. The number of nitrogens with zero attached hydrogens (tertiary/aromatic N) is 2. The molecule has 1 aromatic heterocycles. The van der Waals surface area contributed by atoms with Crippen molar-refractivity contribution in [3.8, 4) is 5.88 Å². The van der Waals surface area contributed by atoms with E-state index >= 15 is 0 Å². The zero-order valence-corrected chi connectivity index (χ0v) is 17.2. The molecular weight excluding hydrogens is 442 g/mol. The Morgan fingerprint density at radius 1 is 1.17 bits per heavy atom. The molecule has 0 bridgehead atoms. The monoisotopic (exact) mass is 459 g/mol. The predicted octanol–water partition coefficient (Wildman–Crippen LogP) is -0.257. The maximum atomic E-state index is 12.6. The largest absolute Gasteiger partial charge is 0.481 e. The van der Waals surface area contributed by atoms with Crippen LogP contribution in [0, 0.1) is 0 Å². The van der Waals surface area contributed by atoms with E-state index in [4.69, 9.17) is 4.74 Å². The van der Waals surface area contributed by atoms with Crippen molar-refractivity contribution >= 4 is 38.0 Å². The summed E-state index contributed by atoms with van der Waals surface area (Å²) in [5.41, 5.74) is -0.460. The maximum absolute atomic E-state index is 12.6. The van der Waals surface area contributed by atoms with Gasteiger partial charge in [-0.25, -0.2) is 40.9 Å². The summed E-state index contributed by atoms with van der Waals surface area (Å²) in [4.78, 5) is 30.2. The Labute approximate surface area is 171 Å². The molecule has 2 aromatic rings. The quantitative estimate of drug-likeness (QED) is 0.408. The second kappa shape index (κ2) is 9.02. The summed E-state index contributed by atoms with van der Waals surface area (Å²) in [6, 6.07) is 3.32. The molecule has 15 heteroatoms. The second-order valence-electron chi connectivity index (χ2n) is 5.71. The number of carbonyl (C=O) groups is 2. The van der Waals surface area contributed by atoms with Gasteiger partial charge in [-0.2, -0.15) is 4.98 Å². The van der Waals surface area contributed by atoms with E-state index in [0.717, 1.165) is 18.4 Å². The Bertz CT molecular complexity index is 1180. The summed E-state index contributed by atoms with van der Waals surface area (Å²) in [6.07, 6.45) is 2.17. The molecule has 0 spiro atoms. The molecule has 4 N–H and O–H groups in total. The minimum absolute atomic E-state index is 0.113. The van der Waals surface area contributed by atoms with Crippen LogP contribution < -0.4 is 19.5 Å². The molecule has 0 unspecified atom stereocenters. The molecule has 0 atom stereocenters. The first kappa shape index (κ1) is 23.0. The van der Waals surface area contributed by atoms with E-state index in [1.165, 1.54) is 25.4 Å². The number of rotatable bonds is 8. The first-order chi connectivity index (χ1) is 13.9. The van der Waals surface area contributed by atoms with Crippen LogP contribution in [0.1, 0.15) is 15.9 Å². The highest BCUT2D eigenvalue weighted by Crippen LogP contribution is 2.19. The molecule has 13 nitrogen and oxygen atoms in total. The molecular formula is C15H17N5O8S2. The van der Waals surface area contributed by atoms with E-state index in [2.05, 4.69) is 20.0 Å². The molecule has 30 heavy (non-hydrogen) atoms. The standard InChI is InChI=1S/C15H17N5O8S2/c1-28-12-5-6-16-14(18-12)19-15(23)20-30(26,27)11-7-9(8-17-29(2,24)25)3-4-10(11)13(21)22/h3-7,17H,8H2,1-2H3,(H,21,22)(H2,16,18,19,20,23). The molecule has 1 aromatic carbocycles. The summed E-state index contributed by atoms with van der Waals surface area (Å²) in [7, 11) is -6.90. The van der Waals surface area contributed by atoms with Gasteiger partial charge in [-0.05, 0) is 17.7 Å². The molecule has 0 aliphatic heterocycles. The number of aromatic nitrogens is 2. The number of urea groups is 1. The molecule has 0 fully saturated rings.